The average molecular weight is 525 g/mol. The summed E-state index contributed by atoms with van der Waals surface area (Å²) < 4.78 is 34.8. The van der Waals surface area contributed by atoms with Crippen LogP contribution < -0.4 is 23.7 Å². The van der Waals surface area contributed by atoms with Gasteiger partial charge in [0, 0.05) is 48.9 Å². The molecule has 0 amide bonds. The molecule has 0 fully saturated rings. The van der Waals surface area contributed by atoms with E-state index in [9.17, 15) is 9.90 Å². The number of methoxy groups -OCH3 is 3. The van der Waals surface area contributed by atoms with Crippen LogP contribution in [-0.4, -0.2) is 55.5 Å². The van der Waals surface area contributed by atoms with Crippen molar-refractivity contribution in [1.82, 2.24) is 9.55 Å². The summed E-state index contributed by atoms with van der Waals surface area (Å²) in [5, 5.41) is 10.1. The lowest BCUT2D eigenvalue weighted by atomic mass is 10.0. The van der Waals surface area contributed by atoms with Gasteiger partial charge in [-0.2, -0.15) is 0 Å². The van der Waals surface area contributed by atoms with E-state index >= 15 is 0 Å². The summed E-state index contributed by atoms with van der Waals surface area (Å²) in [7, 11) is 4.66. The molecule has 4 rings (SSSR count). The zero-order chi connectivity index (χ0) is 27.1. The van der Waals surface area contributed by atoms with E-state index in [-0.39, 0.29) is 25.6 Å². The first-order valence-corrected chi connectivity index (χ1v) is 12.2. The fourth-order valence-electron chi connectivity index (χ4n) is 4.21. The number of carbonyl (C=O) groups is 1. The Labute approximate surface area is 221 Å². The van der Waals surface area contributed by atoms with Crippen molar-refractivity contribution >= 4 is 12.0 Å². The largest absolute Gasteiger partial charge is 0.497 e. The Morgan fingerprint density at radius 1 is 1.11 bits per heavy atom. The Hall–Kier alpha value is -4.18. The van der Waals surface area contributed by atoms with Crippen LogP contribution in [0.1, 0.15) is 31.0 Å². The average Bonchev–Trinajstić information content (AvgIpc) is 3.55. The van der Waals surface area contributed by atoms with Gasteiger partial charge >= 0.3 is 5.97 Å². The first kappa shape index (κ1) is 26.9. The number of aromatic nitrogens is 2. The standard InChI is InChI=1S/C28H32N2O8/c1-5-6-9-30-15-29-22(27(30)21-8-7-20(34-3)13-24(21)36-16-33-2)11-19(28(31)32)10-18-12-25-26(38-17-37-25)14-23(18)35-4/h7-8,11-15H,5-6,9-10,16-17H2,1-4H3,(H,31,32)/b19-11+. The molecule has 2 aromatic carbocycles. The molecular weight excluding hydrogens is 492 g/mol. The SMILES string of the molecule is CCCCn1cnc(/C=C(\Cc2cc3c(cc2OC)OCO3)C(=O)O)c1-c1ccc(OC)cc1OCOC. The number of hydrogen-bond donors (Lipinski definition) is 1. The highest BCUT2D eigenvalue weighted by atomic mass is 16.7. The van der Waals surface area contributed by atoms with Gasteiger partial charge in [0.2, 0.25) is 6.79 Å². The Balaban J connectivity index is 1.80. The molecule has 0 bridgehead atoms. The molecule has 0 unspecified atom stereocenters. The van der Waals surface area contributed by atoms with Crippen molar-refractivity contribution in [2.75, 3.05) is 34.9 Å². The van der Waals surface area contributed by atoms with Crippen LogP contribution in [0.4, 0.5) is 0 Å². The molecule has 0 atom stereocenters. The highest BCUT2D eigenvalue weighted by Crippen LogP contribution is 2.40. The van der Waals surface area contributed by atoms with Crippen molar-refractivity contribution in [1.29, 1.82) is 0 Å². The Morgan fingerprint density at radius 3 is 2.58 bits per heavy atom. The van der Waals surface area contributed by atoms with E-state index in [1.807, 2.05) is 16.7 Å². The lowest BCUT2D eigenvalue weighted by Gasteiger charge is -2.15. The van der Waals surface area contributed by atoms with Crippen LogP contribution in [0.25, 0.3) is 17.3 Å². The monoisotopic (exact) mass is 524 g/mol. The number of hydrogen-bond acceptors (Lipinski definition) is 8. The predicted molar refractivity (Wildman–Crippen MR) is 140 cm³/mol. The smallest absolute Gasteiger partial charge is 0.331 e. The number of imidazole rings is 1. The summed E-state index contributed by atoms with van der Waals surface area (Å²) in [5.41, 5.74) is 2.78. The number of nitrogens with zero attached hydrogens (tertiary/aromatic N) is 2. The van der Waals surface area contributed by atoms with Gasteiger partial charge in [-0.25, -0.2) is 9.78 Å². The second-order valence-corrected chi connectivity index (χ2v) is 8.61. The lowest BCUT2D eigenvalue weighted by Crippen LogP contribution is -2.06. The molecule has 2 heterocycles. The summed E-state index contributed by atoms with van der Waals surface area (Å²) in [4.78, 5) is 17.0. The van der Waals surface area contributed by atoms with Crippen molar-refractivity contribution in [2.24, 2.45) is 0 Å². The molecule has 1 aromatic heterocycles. The molecule has 10 heteroatoms. The first-order chi connectivity index (χ1) is 18.5. The maximum Gasteiger partial charge on any atom is 0.331 e. The minimum atomic E-state index is -1.07. The maximum absolute atomic E-state index is 12.4. The Bertz CT molecular complexity index is 1310. The third-order valence-corrected chi connectivity index (χ3v) is 6.14. The van der Waals surface area contributed by atoms with Crippen LogP contribution in [0, 0.1) is 0 Å². The van der Waals surface area contributed by atoms with E-state index in [4.69, 9.17) is 28.4 Å². The normalized spacial score (nSPS) is 12.5. The number of ether oxygens (including phenoxy) is 6. The van der Waals surface area contributed by atoms with Gasteiger partial charge < -0.3 is 38.1 Å². The molecule has 0 aliphatic carbocycles. The molecule has 0 saturated carbocycles. The van der Waals surface area contributed by atoms with Crippen LogP contribution in [0.5, 0.6) is 28.7 Å². The zero-order valence-electron chi connectivity index (χ0n) is 22.0. The molecule has 3 aromatic rings. The van der Waals surface area contributed by atoms with Gasteiger partial charge in [-0.05, 0) is 30.7 Å². The van der Waals surface area contributed by atoms with E-state index in [2.05, 4.69) is 11.9 Å². The van der Waals surface area contributed by atoms with Gasteiger partial charge in [0.25, 0.3) is 0 Å². The summed E-state index contributed by atoms with van der Waals surface area (Å²) in [6.07, 6.45) is 5.32. The minimum Gasteiger partial charge on any atom is -0.497 e. The molecule has 0 saturated heterocycles. The van der Waals surface area contributed by atoms with E-state index in [1.54, 1.807) is 44.8 Å². The van der Waals surface area contributed by atoms with E-state index in [0.29, 0.717) is 46.5 Å². The lowest BCUT2D eigenvalue weighted by molar-refractivity contribution is -0.132. The molecule has 1 aliphatic rings. The quantitative estimate of drug-likeness (QED) is 0.249. The van der Waals surface area contributed by atoms with Crippen molar-refractivity contribution < 1.29 is 38.3 Å². The third-order valence-electron chi connectivity index (χ3n) is 6.14. The van der Waals surface area contributed by atoms with Gasteiger partial charge in [0.05, 0.1) is 31.9 Å². The van der Waals surface area contributed by atoms with E-state index in [0.717, 1.165) is 24.1 Å². The first-order valence-electron chi connectivity index (χ1n) is 12.2. The second kappa shape index (κ2) is 12.4. The van der Waals surface area contributed by atoms with Gasteiger partial charge in [-0.3, -0.25) is 0 Å². The summed E-state index contributed by atoms with van der Waals surface area (Å²) >= 11 is 0. The molecular formula is C28H32N2O8. The fraction of sp³-hybridized carbons (Fsp3) is 0.357. The maximum atomic E-state index is 12.4. The second-order valence-electron chi connectivity index (χ2n) is 8.61. The fourth-order valence-corrected chi connectivity index (χ4v) is 4.21. The van der Waals surface area contributed by atoms with E-state index in [1.165, 1.54) is 7.11 Å². The van der Waals surface area contributed by atoms with Crippen molar-refractivity contribution in [3.05, 3.63) is 53.5 Å². The molecule has 0 spiro atoms. The minimum absolute atomic E-state index is 0.0404. The van der Waals surface area contributed by atoms with Gasteiger partial charge in [-0.15, -0.1) is 0 Å². The van der Waals surface area contributed by atoms with Crippen LogP contribution in [0.3, 0.4) is 0 Å². The number of aryl methyl sites for hydroxylation is 1. The number of carboxylic acids is 1. The highest BCUT2D eigenvalue weighted by Gasteiger charge is 2.22. The number of unbranched alkanes of at least 4 members (excludes halogenated alkanes) is 1. The van der Waals surface area contributed by atoms with Gasteiger partial charge in [-0.1, -0.05) is 13.3 Å². The Kier molecular flexibility index (Phi) is 8.75. The van der Waals surface area contributed by atoms with Crippen LogP contribution in [0.2, 0.25) is 0 Å². The van der Waals surface area contributed by atoms with Crippen molar-refractivity contribution in [3.63, 3.8) is 0 Å². The van der Waals surface area contributed by atoms with Gasteiger partial charge in [0.15, 0.2) is 18.3 Å². The summed E-state index contributed by atoms with van der Waals surface area (Å²) in [6, 6.07) is 8.93. The van der Waals surface area contributed by atoms with Crippen LogP contribution >= 0.6 is 0 Å². The van der Waals surface area contributed by atoms with E-state index < -0.39 is 5.97 Å². The molecule has 0 radical (unpaired) electrons. The number of carboxylic acid groups (broad SMARTS) is 1. The molecule has 1 N–H and O–H groups in total. The molecule has 10 nitrogen and oxygen atoms in total. The summed E-state index contributed by atoms with van der Waals surface area (Å²) in [5.74, 6) is 1.72. The zero-order valence-corrected chi connectivity index (χ0v) is 22.0. The highest BCUT2D eigenvalue weighted by molar-refractivity contribution is 5.94. The van der Waals surface area contributed by atoms with Crippen molar-refractivity contribution in [2.45, 2.75) is 32.7 Å². The third kappa shape index (κ3) is 5.86. The molecule has 38 heavy (non-hydrogen) atoms. The molecule has 202 valence electrons. The van der Waals surface area contributed by atoms with Crippen LogP contribution in [0.15, 0.2) is 42.2 Å². The number of benzene rings is 2. The number of rotatable bonds is 13. The molecule has 1 aliphatic heterocycles. The van der Waals surface area contributed by atoms with Crippen molar-refractivity contribution in [3.8, 4) is 40.0 Å². The van der Waals surface area contributed by atoms with Gasteiger partial charge in [0.1, 0.15) is 17.2 Å². The number of aliphatic carboxylic acids is 1. The topological polar surface area (TPSA) is 111 Å². The predicted octanol–water partition coefficient (Wildman–Crippen LogP) is 4.79. The number of fused-ring (bicyclic) bond motifs is 1. The Morgan fingerprint density at radius 2 is 1.89 bits per heavy atom. The summed E-state index contributed by atoms with van der Waals surface area (Å²) in [6.45, 7) is 2.97. The van der Waals surface area contributed by atoms with Crippen LogP contribution in [-0.2, 0) is 22.5 Å².